The van der Waals surface area contributed by atoms with Gasteiger partial charge in [-0.3, -0.25) is 4.79 Å². The van der Waals surface area contributed by atoms with Crippen molar-refractivity contribution in [2.45, 2.75) is 26.3 Å². The second-order valence-corrected chi connectivity index (χ2v) is 6.98. The summed E-state index contributed by atoms with van der Waals surface area (Å²) in [5.41, 5.74) is 2.15. The molecule has 0 saturated heterocycles. The first kappa shape index (κ1) is 19.3. The van der Waals surface area contributed by atoms with Crippen molar-refractivity contribution in [3.63, 3.8) is 0 Å². The van der Waals surface area contributed by atoms with Crippen LogP contribution in [0, 0.1) is 12.7 Å². The van der Waals surface area contributed by atoms with E-state index in [1.54, 1.807) is 32.1 Å². The summed E-state index contributed by atoms with van der Waals surface area (Å²) in [4.78, 5) is 31.1. The number of carbonyl (C=O) groups is 2. The van der Waals surface area contributed by atoms with Gasteiger partial charge in [0.05, 0.1) is 30.2 Å². The van der Waals surface area contributed by atoms with E-state index in [9.17, 15) is 14.0 Å². The van der Waals surface area contributed by atoms with E-state index in [2.05, 4.69) is 25.3 Å². The third-order valence-corrected chi connectivity index (χ3v) is 4.38. The predicted octanol–water partition coefficient (Wildman–Crippen LogP) is 3.50. The number of imidazole rings is 1. The molecule has 3 rings (SSSR count). The number of aromatic nitrogens is 2. The van der Waals surface area contributed by atoms with Gasteiger partial charge in [-0.15, -0.1) is 0 Å². The monoisotopic (exact) mass is 384 g/mol. The van der Waals surface area contributed by atoms with Crippen LogP contribution in [0.4, 0.5) is 14.9 Å². The average Bonchev–Trinajstić information content (AvgIpc) is 3.17. The lowest BCUT2D eigenvalue weighted by molar-refractivity contribution is -0.110. The van der Waals surface area contributed by atoms with Crippen molar-refractivity contribution in [1.82, 2.24) is 15.3 Å². The van der Waals surface area contributed by atoms with Crippen LogP contribution in [0.5, 0.6) is 0 Å². The second kappa shape index (κ2) is 7.30. The number of hydrogen-bond donors (Lipinski definition) is 3. The van der Waals surface area contributed by atoms with Crippen LogP contribution in [0.3, 0.4) is 0 Å². The number of aryl methyl sites for hydroxylation is 1. The summed E-state index contributed by atoms with van der Waals surface area (Å²) in [6.07, 6.45) is 5.75. The Labute approximate surface area is 161 Å². The van der Waals surface area contributed by atoms with E-state index < -0.39 is 17.4 Å². The molecule has 7 nitrogen and oxygen atoms in total. The lowest BCUT2D eigenvalue weighted by Crippen LogP contribution is -2.41. The number of aromatic amines is 1. The van der Waals surface area contributed by atoms with Crippen molar-refractivity contribution in [3.8, 4) is 0 Å². The molecule has 146 valence electrons. The SMILES string of the molecule is COC(=O)NC(C)(C)C=Cc1c(F)ccc2c1/C(=C/c1nc[nH]c1C)C(=O)N2. The fourth-order valence-electron chi connectivity index (χ4n) is 2.89. The molecule has 28 heavy (non-hydrogen) atoms. The largest absolute Gasteiger partial charge is 0.453 e. The molecule has 0 unspecified atom stereocenters. The van der Waals surface area contributed by atoms with Gasteiger partial charge in [0.2, 0.25) is 0 Å². The van der Waals surface area contributed by atoms with Gasteiger partial charge < -0.3 is 20.4 Å². The van der Waals surface area contributed by atoms with Crippen molar-refractivity contribution < 1.29 is 18.7 Å². The molecule has 1 aliphatic heterocycles. The van der Waals surface area contributed by atoms with Gasteiger partial charge in [-0.25, -0.2) is 14.2 Å². The highest BCUT2D eigenvalue weighted by Gasteiger charge is 2.29. The lowest BCUT2D eigenvalue weighted by Gasteiger charge is -2.21. The second-order valence-electron chi connectivity index (χ2n) is 6.98. The number of fused-ring (bicyclic) bond motifs is 1. The van der Waals surface area contributed by atoms with Gasteiger partial charge in [0.1, 0.15) is 5.82 Å². The van der Waals surface area contributed by atoms with Gasteiger partial charge >= 0.3 is 6.09 Å². The Morgan fingerprint density at radius 1 is 1.36 bits per heavy atom. The lowest BCUT2D eigenvalue weighted by atomic mass is 9.96. The third kappa shape index (κ3) is 3.80. The number of nitrogens with zero attached hydrogens (tertiary/aromatic N) is 1. The number of nitrogens with one attached hydrogen (secondary N) is 3. The molecule has 0 fully saturated rings. The molecule has 8 heteroatoms. The molecule has 1 aliphatic rings. The summed E-state index contributed by atoms with van der Waals surface area (Å²) in [6, 6.07) is 2.82. The van der Waals surface area contributed by atoms with Gasteiger partial charge in [-0.05, 0) is 39.0 Å². The molecular weight excluding hydrogens is 363 g/mol. The summed E-state index contributed by atoms with van der Waals surface area (Å²) in [6.45, 7) is 5.32. The Balaban J connectivity index is 2.06. The number of methoxy groups -OCH3 is 1. The molecule has 0 atom stereocenters. The highest BCUT2D eigenvalue weighted by atomic mass is 19.1. The fraction of sp³-hybridized carbons (Fsp3) is 0.250. The van der Waals surface area contributed by atoms with Crippen LogP contribution in [0.2, 0.25) is 0 Å². The van der Waals surface area contributed by atoms with Gasteiger partial charge in [0.15, 0.2) is 0 Å². The van der Waals surface area contributed by atoms with E-state index in [0.717, 1.165) is 5.69 Å². The standard InChI is InChI=1S/C20H21FN4O3/c1-11-16(23-10-22-11)9-13-17-12(7-8-20(2,3)25-19(27)28-4)14(21)5-6-15(17)24-18(13)26/h5-10H,1-4H3,(H,22,23)(H,24,26)(H,25,27)/b8-7?,13-9-. The predicted molar refractivity (Wildman–Crippen MR) is 105 cm³/mol. The van der Waals surface area contributed by atoms with Crippen LogP contribution in [0.1, 0.15) is 36.4 Å². The van der Waals surface area contributed by atoms with E-state index in [-0.39, 0.29) is 11.5 Å². The van der Waals surface area contributed by atoms with E-state index in [4.69, 9.17) is 0 Å². The molecule has 1 aromatic carbocycles. The molecule has 3 N–H and O–H groups in total. The van der Waals surface area contributed by atoms with Crippen LogP contribution in [0.25, 0.3) is 17.7 Å². The van der Waals surface area contributed by atoms with Gasteiger partial charge in [0.25, 0.3) is 5.91 Å². The Kier molecular flexibility index (Phi) is 5.04. The summed E-state index contributed by atoms with van der Waals surface area (Å²) in [5.74, 6) is -0.811. The molecule has 0 radical (unpaired) electrons. The summed E-state index contributed by atoms with van der Waals surface area (Å²) < 4.78 is 19.3. The van der Waals surface area contributed by atoms with Crippen LogP contribution in [-0.2, 0) is 9.53 Å². The number of hydrogen-bond acceptors (Lipinski definition) is 4. The minimum Gasteiger partial charge on any atom is -0.453 e. The van der Waals surface area contributed by atoms with Gasteiger partial charge in [-0.2, -0.15) is 0 Å². The van der Waals surface area contributed by atoms with Crippen molar-refractivity contribution in [2.24, 2.45) is 0 Å². The summed E-state index contributed by atoms with van der Waals surface area (Å²) >= 11 is 0. The highest BCUT2D eigenvalue weighted by molar-refractivity contribution is 6.35. The zero-order chi connectivity index (χ0) is 20.5. The Hall–Kier alpha value is -3.42. The van der Waals surface area contributed by atoms with E-state index in [0.29, 0.717) is 22.5 Å². The van der Waals surface area contributed by atoms with Crippen LogP contribution < -0.4 is 10.6 Å². The van der Waals surface area contributed by atoms with Crippen LogP contribution >= 0.6 is 0 Å². The molecule has 2 heterocycles. The molecule has 0 bridgehead atoms. The van der Waals surface area contributed by atoms with Crippen LogP contribution in [-0.4, -0.2) is 34.6 Å². The number of ether oxygens (including phenoxy) is 1. The summed E-state index contributed by atoms with van der Waals surface area (Å²) in [5, 5.41) is 5.40. The summed E-state index contributed by atoms with van der Waals surface area (Å²) in [7, 11) is 1.27. The quantitative estimate of drug-likeness (QED) is 0.703. The van der Waals surface area contributed by atoms with E-state index in [1.165, 1.54) is 25.6 Å². The highest BCUT2D eigenvalue weighted by Crippen LogP contribution is 2.38. The molecule has 0 aliphatic carbocycles. The molecule has 0 spiro atoms. The zero-order valence-electron chi connectivity index (χ0n) is 16.0. The van der Waals surface area contributed by atoms with Crippen molar-refractivity contribution in [1.29, 1.82) is 0 Å². The topological polar surface area (TPSA) is 96.1 Å². The first-order valence-electron chi connectivity index (χ1n) is 8.63. The number of anilines is 1. The zero-order valence-corrected chi connectivity index (χ0v) is 16.0. The van der Waals surface area contributed by atoms with Crippen LogP contribution in [0.15, 0.2) is 24.5 Å². The number of H-pyrrole nitrogens is 1. The van der Waals surface area contributed by atoms with Crippen molar-refractivity contribution >= 4 is 35.4 Å². The fourth-order valence-corrected chi connectivity index (χ4v) is 2.89. The molecule has 2 aromatic rings. The first-order valence-corrected chi connectivity index (χ1v) is 8.63. The smallest absolute Gasteiger partial charge is 0.407 e. The Bertz CT molecular complexity index is 1000. The van der Waals surface area contributed by atoms with Gasteiger partial charge in [-0.1, -0.05) is 12.2 Å². The van der Waals surface area contributed by atoms with Gasteiger partial charge in [0, 0.05) is 22.5 Å². The first-order chi connectivity index (χ1) is 13.2. The number of carbonyl (C=O) groups excluding carboxylic acids is 2. The molecule has 2 amide bonds. The maximum atomic E-state index is 14.7. The minimum atomic E-state index is -0.791. The van der Waals surface area contributed by atoms with Crippen molar-refractivity contribution in [2.75, 3.05) is 12.4 Å². The molecule has 0 saturated carbocycles. The Morgan fingerprint density at radius 2 is 2.11 bits per heavy atom. The number of halogens is 1. The molecule has 1 aromatic heterocycles. The maximum absolute atomic E-state index is 14.7. The van der Waals surface area contributed by atoms with E-state index in [1.807, 2.05) is 6.92 Å². The number of amides is 2. The van der Waals surface area contributed by atoms with E-state index >= 15 is 0 Å². The molecular formula is C20H21FN4O3. The number of benzene rings is 1. The number of rotatable bonds is 4. The third-order valence-electron chi connectivity index (χ3n) is 4.38. The minimum absolute atomic E-state index is 0.245. The average molecular weight is 384 g/mol. The normalized spacial score (nSPS) is 15.0. The Morgan fingerprint density at radius 3 is 2.75 bits per heavy atom. The number of alkyl carbamates (subject to hydrolysis) is 1. The maximum Gasteiger partial charge on any atom is 0.407 e. The van der Waals surface area contributed by atoms with Crippen molar-refractivity contribution in [3.05, 3.63) is 52.9 Å².